The molecule has 2 aromatic rings. The molecule has 0 aliphatic carbocycles. The van der Waals surface area contributed by atoms with Crippen molar-refractivity contribution in [2.45, 2.75) is 19.9 Å². The van der Waals surface area contributed by atoms with E-state index in [9.17, 15) is 9.59 Å². The van der Waals surface area contributed by atoms with Gasteiger partial charge in [-0.15, -0.1) is 0 Å². The van der Waals surface area contributed by atoms with E-state index >= 15 is 0 Å². The van der Waals surface area contributed by atoms with Crippen molar-refractivity contribution >= 4 is 17.9 Å². The highest BCUT2D eigenvalue weighted by Gasteiger charge is 2.32. The van der Waals surface area contributed by atoms with Crippen LogP contribution < -0.4 is 5.32 Å². The molecule has 1 aliphatic rings. The Morgan fingerprint density at radius 2 is 1.69 bits per heavy atom. The van der Waals surface area contributed by atoms with E-state index in [1.807, 2.05) is 68.4 Å². The summed E-state index contributed by atoms with van der Waals surface area (Å²) in [5.74, 6) is -0.108. The van der Waals surface area contributed by atoms with Gasteiger partial charge >= 0.3 is 6.03 Å². The van der Waals surface area contributed by atoms with E-state index in [0.29, 0.717) is 11.3 Å². The van der Waals surface area contributed by atoms with Crippen LogP contribution in [-0.4, -0.2) is 23.8 Å². The van der Waals surface area contributed by atoms with Crippen LogP contribution in [0, 0.1) is 6.92 Å². The Kier molecular flexibility index (Phi) is 5.03. The van der Waals surface area contributed by atoms with E-state index < -0.39 is 6.04 Å². The van der Waals surface area contributed by atoms with Crippen LogP contribution in [-0.2, 0) is 4.79 Å². The molecule has 0 spiro atoms. The van der Waals surface area contributed by atoms with Crippen LogP contribution in [0.25, 0.3) is 6.08 Å². The number of hydrogen-bond donors (Lipinski definition) is 1. The number of allylic oxidation sites excluding steroid dienone is 2. The Balaban J connectivity index is 1.96. The molecule has 0 saturated carbocycles. The summed E-state index contributed by atoms with van der Waals surface area (Å²) in [5.41, 5.74) is 4.28. The molecule has 2 amide bonds. The number of carbonyl (C=O) groups is 2. The monoisotopic (exact) mass is 346 g/mol. The number of amides is 2. The number of rotatable bonds is 4. The lowest BCUT2D eigenvalue weighted by Gasteiger charge is -2.33. The number of nitrogens with zero attached hydrogens (tertiary/aromatic N) is 1. The largest absolute Gasteiger partial charge is 0.327 e. The van der Waals surface area contributed by atoms with Crippen molar-refractivity contribution in [3.63, 3.8) is 0 Å². The molecule has 1 heterocycles. The van der Waals surface area contributed by atoms with Crippen LogP contribution in [0.2, 0.25) is 0 Å². The highest BCUT2D eigenvalue weighted by molar-refractivity contribution is 6.09. The SMILES string of the molecule is CC1=C(C(=O)/C=C/c2ccc(C)cc2)[C@@H](c2ccccc2)NC(=O)N1C. The third-order valence-corrected chi connectivity index (χ3v) is 4.66. The lowest BCUT2D eigenvalue weighted by Crippen LogP contribution is -2.45. The van der Waals surface area contributed by atoms with Crippen molar-refractivity contribution in [1.82, 2.24) is 10.2 Å². The van der Waals surface area contributed by atoms with E-state index in [-0.39, 0.29) is 11.8 Å². The molecule has 4 nitrogen and oxygen atoms in total. The number of ketones is 1. The summed E-state index contributed by atoms with van der Waals surface area (Å²) in [6.07, 6.45) is 3.38. The molecule has 3 rings (SSSR count). The number of carbonyl (C=O) groups excluding carboxylic acids is 2. The first-order valence-electron chi connectivity index (χ1n) is 8.56. The standard InChI is InChI=1S/C22H22N2O2/c1-15-9-11-17(12-10-15)13-14-19(25)20-16(2)24(3)22(26)23-21(20)18-7-5-4-6-8-18/h4-14,21H,1-3H3,(H,23,26)/b14-13+/t21-/m1/s1. The third kappa shape index (κ3) is 3.59. The van der Waals surface area contributed by atoms with Gasteiger partial charge in [0.25, 0.3) is 0 Å². The maximum Gasteiger partial charge on any atom is 0.322 e. The van der Waals surface area contributed by atoms with Crippen molar-refractivity contribution < 1.29 is 9.59 Å². The number of urea groups is 1. The van der Waals surface area contributed by atoms with Gasteiger partial charge in [0.1, 0.15) is 0 Å². The Bertz CT molecular complexity index is 880. The Labute approximate surface area is 153 Å². The Morgan fingerprint density at radius 1 is 1.04 bits per heavy atom. The Morgan fingerprint density at radius 3 is 2.35 bits per heavy atom. The Hall–Kier alpha value is -3.14. The minimum atomic E-state index is -0.449. The molecule has 4 heteroatoms. The van der Waals surface area contributed by atoms with Crippen molar-refractivity contribution in [3.8, 4) is 0 Å². The first-order valence-corrected chi connectivity index (χ1v) is 8.56. The molecule has 0 bridgehead atoms. The lowest BCUT2D eigenvalue weighted by atomic mass is 9.91. The summed E-state index contributed by atoms with van der Waals surface area (Å²) < 4.78 is 0. The van der Waals surface area contributed by atoms with E-state index in [1.165, 1.54) is 10.5 Å². The molecule has 2 aromatic carbocycles. The third-order valence-electron chi connectivity index (χ3n) is 4.66. The van der Waals surface area contributed by atoms with Gasteiger partial charge in [-0.25, -0.2) is 4.79 Å². The predicted molar refractivity (Wildman–Crippen MR) is 103 cm³/mol. The highest BCUT2D eigenvalue weighted by Crippen LogP contribution is 2.30. The number of benzene rings is 2. The molecule has 0 fully saturated rings. The summed E-state index contributed by atoms with van der Waals surface area (Å²) in [7, 11) is 1.67. The molecule has 1 aliphatic heterocycles. The maximum atomic E-state index is 13.0. The van der Waals surface area contributed by atoms with Crippen molar-refractivity contribution in [2.75, 3.05) is 7.05 Å². The van der Waals surface area contributed by atoms with Gasteiger partial charge in [-0.2, -0.15) is 0 Å². The van der Waals surface area contributed by atoms with Gasteiger partial charge in [-0.3, -0.25) is 4.79 Å². The van der Waals surface area contributed by atoms with Crippen LogP contribution >= 0.6 is 0 Å². The molecular weight excluding hydrogens is 324 g/mol. The predicted octanol–water partition coefficient (Wildman–Crippen LogP) is 4.25. The number of aryl methyl sites for hydroxylation is 1. The fraction of sp³-hybridized carbons (Fsp3) is 0.182. The van der Waals surface area contributed by atoms with Gasteiger partial charge in [-0.1, -0.05) is 66.2 Å². The fourth-order valence-electron chi connectivity index (χ4n) is 2.99. The highest BCUT2D eigenvalue weighted by atomic mass is 16.2. The minimum absolute atomic E-state index is 0.108. The van der Waals surface area contributed by atoms with Gasteiger partial charge in [-0.05, 0) is 31.1 Å². The molecular formula is C22H22N2O2. The summed E-state index contributed by atoms with van der Waals surface area (Å²) in [4.78, 5) is 26.7. The van der Waals surface area contributed by atoms with Crippen LogP contribution in [0.15, 0.2) is 71.9 Å². The summed E-state index contributed by atoms with van der Waals surface area (Å²) in [5, 5.41) is 2.92. The van der Waals surface area contributed by atoms with Crippen LogP contribution in [0.1, 0.15) is 29.7 Å². The molecule has 0 saturated heterocycles. The average Bonchev–Trinajstić information content (AvgIpc) is 2.66. The van der Waals surface area contributed by atoms with E-state index in [0.717, 1.165) is 11.1 Å². The summed E-state index contributed by atoms with van der Waals surface area (Å²) >= 11 is 0. The van der Waals surface area contributed by atoms with Crippen molar-refractivity contribution in [2.24, 2.45) is 0 Å². The molecule has 0 radical (unpaired) electrons. The van der Waals surface area contributed by atoms with Gasteiger partial charge in [0.15, 0.2) is 5.78 Å². The second-order valence-corrected chi connectivity index (χ2v) is 6.46. The zero-order valence-corrected chi connectivity index (χ0v) is 15.2. The smallest absolute Gasteiger partial charge is 0.322 e. The van der Waals surface area contributed by atoms with Crippen LogP contribution in [0.4, 0.5) is 4.79 Å². The molecule has 0 unspecified atom stereocenters. The quantitative estimate of drug-likeness (QED) is 0.842. The van der Waals surface area contributed by atoms with Crippen molar-refractivity contribution in [3.05, 3.63) is 88.6 Å². The summed E-state index contributed by atoms with van der Waals surface area (Å²) in [6.45, 7) is 3.83. The summed E-state index contributed by atoms with van der Waals surface area (Å²) in [6, 6.07) is 16.9. The van der Waals surface area contributed by atoms with Gasteiger partial charge in [0, 0.05) is 18.3 Å². The van der Waals surface area contributed by atoms with E-state index in [2.05, 4.69) is 5.32 Å². The van der Waals surface area contributed by atoms with Crippen molar-refractivity contribution in [1.29, 1.82) is 0 Å². The molecule has 0 aromatic heterocycles. The van der Waals surface area contributed by atoms with Crippen LogP contribution in [0.3, 0.4) is 0 Å². The first kappa shape index (κ1) is 17.7. The molecule has 26 heavy (non-hydrogen) atoms. The topological polar surface area (TPSA) is 49.4 Å². The van der Waals surface area contributed by atoms with E-state index in [1.54, 1.807) is 19.2 Å². The number of hydrogen-bond acceptors (Lipinski definition) is 2. The minimum Gasteiger partial charge on any atom is -0.327 e. The number of nitrogens with one attached hydrogen (secondary N) is 1. The second-order valence-electron chi connectivity index (χ2n) is 6.46. The fourth-order valence-corrected chi connectivity index (χ4v) is 2.99. The molecule has 1 atom stereocenters. The lowest BCUT2D eigenvalue weighted by molar-refractivity contribution is -0.111. The van der Waals surface area contributed by atoms with Gasteiger partial charge in [0.05, 0.1) is 6.04 Å². The van der Waals surface area contributed by atoms with Gasteiger partial charge in [0.2, 0.25) is 0 Å². The normalized spacial score (nSPS) is 17.6. The average molecular weight is 346 g/mol. The van der Waals surface area contributed by atoms with E-state index in [4.69, 9.17) is 0 Å². The zero-order chi connectivity index (χ0) is 18.7. The van der Waals surface area contributed by atoms with Crippen LogP contribution in [0.5, 0.6) is 0 Å². The maximum absolute atomic E-state index is 13.0. The second kappa shape index (κ2) is 7.40. The first-order chi connectivity index (χ1) is 12.5. The molecule has 1 N–H and O–H groups in total. The van der Waals surface area contributed by atoms with Gasteiger partial charge < -0.3 is 10.2 Å². The molecule has 132 valence electrons. The zero-order valence-electron chi connectivity index (χ0n) is 15.2.